The van der Waals surface area contributed by atoms with Crippen molar-refractivity contribution >= 4 is 28.3 Å². The van der Waals surface area contributed by atoms with Gasteiger partial charge in [0.25, 0.3) is 0 Å². The molecule has 0 bridgehead atoms. The van der Waals surface area contributed by atoms with Gasteiger partial charge < -0.3 is 10.6 Å². The Morgan fingerprint density at radius 1 is 1.12 bits per heavy atom. The predicted molar refractivity (Wildman–Crippen MR) is 94.6 cm³/mol. The Hall–Kier alpha value is -2.95. The van der Waals surface area contributed by atoms with E-state index in [1.165, 1.54) is 6.33 Å². The normalized spacial score (nSPS) is 17.6. The second-order valence-electron chi connectivity index (χ2n) is 6.22. The van der Waals surface area contributed by atoms with Crippen molar-refractivity contribution < 1.29 is 4.79 Å². The molecule has 1 aliphatic rings. The summed E-state index contributed by atoms with van der Waals surface area (Å²) in [5.74, 6) is 0.992. The minimum Gasteiger partial charge on any atom is -0.383 e. The van der Waals surface area contributed by atoms with Crippen LogP contribution in [0.4, 0.5) is 11.5 Å². The van der Waals surface area contributed by atoms with E-state index in [-0.39, 0.29) is 5.91 Å². The van der Waals surface area contributed by atoms with Crippen LogP contribution in [0.3, 0.4) is 0 Å². The zero-order valence-corrected chi connectivity index (χ0v) is 13.2. The third kappa shape index (κ3) is 2.69. The van der Waals surface area contributed by atoms with E-state index in [1.807, 2.05) is 47.4 Å². The zero-order valence-electron chi connectivity index (χ0n) is 13.2. The lowest BCUT2D eigenvalue weighted by Gasteiger charge is -2.16. The van der Waals surface area contributed by atoms with Crippen molar-refractivity contribution in [3.63, 3.8) is 0 Å². The fourth-order valence-electron chi connectivity index (χ4n) is 3.36. The van der Waals surface area contributed by atoms with E-state index in [1.54, 1.807) is 0 Å². The molecule has 5 heteroatoms. The second-order valence-corrected chi connectivity index (χ2v) is 6.22. The molecule has 3 aromatic rings. The number of nitrogens with zero attached hydrogens (tertiary/aromatic N) is 3. The van der Waals surface area contributed by atoms with E-state index < -0.39 is 0 Å². The van der Waals surface area contributed by atoms with Gasteiger partial charge in [-0.15, -0.1) is 0 Å². The Kier molecular flexibility index (Phi) is 3.61. The molecule has 2 aromatic carbocycles. The highest BCUT2D eigenvalue weighted by Crippen LogP contribution is 2.28. The third-order valence-electron chi connectivity index (χ3n) is 4.53. The van der Waals surface area contributed by atoms with Gasteiger partial charge in [0, 0.05) is 24.0 Å². The van der Waals surface area contributed by atoms with Gasteiger partial charge in [-0.2, -0.15) is 0 Å². The molecule has 0 radical (unpaired) electrons. The Bertz CT molecular complexity index is 894. The average Bonchev–Trinajstić information content (AvgIpc) is 2.97. The number of hydrogen-bond acceptors (Lipinski definition) is 4. The molecule has 120 valence electrons. The summed E-state index contributed by atoms with van der Waals surface area (Å²) in [6.07, 6.45) is 2.90. The molecule has 1 aromatic heterocycles. The highest BCUT2D eigenvalue weighted by molar-refractivity contribution is 5.95. The minimum absolute atomic E-state index is 0.190. The van der Waals surface area contributed by atoms with Crippen molar-refractivity contribution in [3.05, 3.63) is 60.4 Å². The van der Waals surface area contributed by atoms with Crippen LogP contribution in [0, 0.1) is 5.92 Å². The lowest BCUT2D eigenvalue weighted by molar-refractivity contribution is -0.117. The molecule has 1 atom stereocenters. The summed E-state index contributed by atoms with van der Waals surface area (Å²) < 4.78 is 0. The SMILES string of the molecule is Nc1ncnc2ccc(C[C@@H]3CC(=O)N(c4ccccc4)C3)cc12. The number of anilines is 2. The van der Waals surface area contributed by atoms with E-state index in [9.17, 15) is 4.79 Å². The van der Waals surface area contributed by atoms with Gasteiger partial charge in [-0.25, -0.2) is 9.97 Å². The number of benzene rings is 2. The molecular weight excluding hydrogens is 300 g/mol. The molecule has 0 aliphatic carbocycles. The smallest absolute Gasteiger partial charge is 0.227 e. The monoisotopic (exact) mass is 318 g/mol. The van der Waals surface area contributed by atoms with Crippen molar-refractivity contribution in [2.75, 3.05) is 17.2 Å². The number of carbonyl (C=O) groups is 1. The van der Waals surface area contributed by atoms with E-state index in [0.29, 0.717) is 18.2 Å². The van der Waals surface area contributed by atoms with Gasteiger partial charge in [-0.3, -0.25) is 4.79 Å². The molecule has 4 rings (SSSR count). The molecule has 1 fully saturated rings. The van der Waals surface area contributed by atoms with E-state index in [4.69, 9.17) is 5.73 Å². The average molecular weight is 318 g/mol. The standard InChI is InChI=1S/C19H18N4O/c20-19-16-9-13(6-7-17(16)21-12-22-19)8-14-10-18(24)23(11-14)15-4-2-1-3-5-15/h1-7,9,12,14H,8,10-11H2,(H2,20,21,22)/t14-/m1/s1. The summed E-state index contributed by atoms with van der Waals surface area (Å²) in [5, 5.41) is 0.874. The van der Waals surface area contributed by atoms with E-state index in [0.717, 1.165) is 35.1 Å². The molecular formula is C19H18N4O. The van der Waals surface area contributed by atoms with Gasteiger partial charge in [0.1, 0.15) is 12.1 Å². The summed E-state index contributed by atoms with van der Waals surface area (Å²) in [6.45, 7) is 0.752. The highest BCUT2D eigenvalue weighted by atomic mass is 16.2. The summed E-state index contributed by atoms with van der Waals surface area (Å²) in [4.78, 5) is 22.5. The number of fused-ring (bicyclic) bond motifs is 1. The highest BCUT2D eigenvalue weighted by Gasteiger charge is 2.30. The predicted octanol–water partition coefficient (Wildman–Crippen LogP) is 2.81. The molecule has 2 heterocycles. The summed E-state index contributed by atoms with van der Waals surface area (Å²) >= 11 is 0. The topological polar surface area (TPSA) is 72.1 Å². The van der Waals surface area contributed by atoms with Crippen LogP contribution in [-0.4, -0.2) is 22.4 Å². The van der Waals surface area contributed by atoms with Gasteiger partial charge in [0.05, 0.1) is 5.52 Å². The van der Waals surface area contributed by atoms with Crippen molar-refractivity contribution in [1.82, 2.24) is 9.97 Å². The quantitative estimate of drug-likeness (QED) is 0.806. The number of rotatable bonds is 3. The summed E-state index contributed by atoms with van der Waals surface area (Å²) in [7, 11) is 0. The number of hydrogen-bond donors (Lipinski definition) is 1. The Labute approximate surface area is 140 Å². The second kappa shape index (κ2) is 5.92. The van der Waals surface area contributed by atoms with Crippen LogP contribution >= 0.6 is 0 Å². The first-order valence-electron chi connectivity index (χ1n) is 8.05. The van der Waals surface area contributed by atoms with Crippen LogP contribution in [0.15, 0.2) is 54.9 Å². The fraction of sp³-hybridized carbons (Fsp3) is 0.211. The summed E-state index contributed by atoms with van der Waals surface area (Å²) in [5.41, 5.74) is 8.92. The maximum absolute atomic E-state index is 12.3. The molecule has 0 spiro atoms. The number of para-hydroxylation sites is 1. The lowest BCUT2D eigenvalue weighted by atomic mass is 9.97. The van der Waals surface area contributed by atoms with Crippen molar-refractivity contribution in [3.8, 4) is 0 Å². The van der Waals surface area contributed by atoms with Gasteiger partial charge >= 0.3 is 0 Å². The number of amides is 1. The number of nitrogen functional groups attached to an aromatic ring is 1. The molecule has 1 amide bonds. The van der Waals surface area contributed by atoms with Crippen molar-refractivity contribution in [2.45, 2.75) is 12.8 Å². The molecule has 24 heavy (non-hydrogen) atoms. The third-order valence-corrected chi connectivity index (χ3v) is 4.53. The Morgan fingerprint density at radius 3 is 2.79 bits per heavy atom. The maximum atomic E-state index is 12.3. The zero-order chi connectivity index (χ0) is 16.5. The van der Waals surface area contributed by atoms with E-state index >= 15 is 0 Å². The molecule has 5 nitrogen and oxygen atoms in total. The van der Waals surface area contributed by atoms with Crippen LogP contribution < -0.4 is 10.6 Å². The van der Waals surface area contributed by atoms with Crippen molar-refractivity contribution in [2.24, 2.45) is 5.92 Å². The number of aromatic nitrogens is 2. The van der Waals surface area contributed by atoms with Gasteiger partial charge in [0.15, 0.2) is 0 Å². The number of nitrogens with two attached hydrogens (primary N) is 1. The Morgan fingerprint density at radius 2 is 1.96 bits per heavy atom. The Balaban J connectivity index is 1.54. The van der Waals surface area contributed by atoms with Crippen LogP contribution in [0.2, 0.25) is 0 Å². The maximum Gasteiger partial charge on any atom is 0.227 e. The van der Waals surface area contributed by atoms with Crippen LogP contribution in [0.25, 0.3) is 10.9 Å². The first-order chi connectivity index (χ1) is 11.7. The lowest BCUT2D eigenvalue weighted by Crippen LogP contribution is -2.24. The first kappa shape index (κ1) is 14.6. The van der Waals surface area contributed by atoms with Gasteiger partial charge in [-0.05, 0) is 42.2 Å². The molecule has 2 N–H and O–H groups in total. The minimum atomic E-state index is 0.190. The first-order valence-corrected chi connectivity index (χ1v) is 8.05. The fourth-order valence-corrected chi connectivity index (χ4v) is 3.36. The van der Waals surface area contributed by atoms with Gasteiger partial charge in [-0.1, -0.05) is 24.3 Å². The van der Waals surface area contributed by atoms with Gasteiger partial charge in [0.2, 0.25) is 5.91 Å². The summed E-state index contributed by atoms with van der Waals surface area (Å²) in [6, 6.07) is 15.9. The largest absolute Gasteiger partial charge is 0.383 e. The van der Waals surface area contributed by atoms with Crippen LogP contribution in [-0.2, 0) is 11.2 Å². The number of carbonyl (C=O) groups excluding carboxylic acids is 1. The molecule has 0 saturated carbocycles. The molecule has 1 saturated heterocycles. The molecule has 0 unspecified atom stereocenters. The molecule has 1 aliphatic heterocycles. The van der Waals surface area contributed by atoms with Crippen LogP contribution in [0.1, 0.15) is 12.0 Å². The van der Waals surface area contributed by atoms with Crippen LogP contribution in [0.5, 0.6) is 0 Å². The van der Waals surface area contributed by atoms with Crippen molar-refractivity contribution in [1.29, 1.82) is 0 Å². The van der Waals surface area contributed by atoms with E-state index in [2.05, 4.69) is 16.0 Å².